The van der Waals surface area contributed by atoms with E-state index in [1.54, 1.807) is 0 Å². The van der Waals surface area contributed by atoms with Gasteiger partial charge in [0.05, 0.1) is 0 Å². The number of hydrogen-bond acceptors (Lipinski definition) is 6. The Morgan fingerprint density at radius 1 is 0.373 bits per heavy atom. The average Bonchev–Trinajstić information content (AvgIpc) is 3.11. The first-order valence-corrected chi connectivity index (χ1v) is 22.4. The summed E-state index contributed by atoms with van der Waals surface area (Å²) in [6, 6.07) is 0. The van der Waals surface area contributed by atoms with E-state index in [9.17, 15) is 14.4 Å². The van der Waals surface area contributed by atoms with Crippen LogP contribution in [0.3, 0.4) is 0 Å². The molecule has 0 rings (SSSR count). The first-order chi connectivity index (χ1) is 24.9. The van der Waals surface area contributed by atoms with Crippen molar-refractivity contribution in [3.63, 3.8) is 0 Å². The molecule has 0 aliphatic heterocycles. The van der Waals surface area contributed by atoms with Gasteiger partial charge in [-0.1, -0.05) is 207 Å². The summed E-state index contributed by atoms with van der Waals surface area (Å²) in [4.78, 5) is 37.5. The minimum Gasteiger partial charge on any atom is -0.462 e. The van der Waals surface area contributed by atoms with Crippen LogP contribution in [-0.4, -0.2) is 37.2 Å². The third-order valence-corrected chi connectivity index (χ3v) is 10.0. The Hall–Kier alpha value is -1.59. The summed E-state index contributed by atoms with van der Waals surface area (Å²) in [7, 11) is 0. The van der Waals surface area contributed by atoms with Crippen LogP contribution in [-0.2, 0) is 28.6 Å². The van der Waals surface area contributed by atoms with Gasteiger partial charge >= 0.3 is 17.9 Å². The molecule has 1 atom stereocenters. The summed E-state index contributed by atoms with van der Waals surface area (Å²) >= 11 is 0. The van der Waals surface area contributed by atoms with Gasteiger partial charge in [0.1, 0.15) is 13.2 Å². The normalized spacial score (nSPS) is 11.9. The number of rotatable bonds is 40. The Labute approximate surface area is 317 Å². The van der Waals surface area contributed by atoms with E-state index in [1.807, 2.05) is 0 Å². The van der Waals surface area contributed by atoms with Crippen LogP contribution < -0.4 is 0 Å². The molecule has 0 saturated carbocycles. The predicted octanol–water partition coefficient (Wildman–Crippen LogP) is 13.9. The van der Waals surface area contributed by atoms with Gasteiger partial charge in [0, 0.05) is 19.3 Å². The predicted molar refractivity (Wildman–Crippen MR) is 215 cm³/mol. The van der Waals surface area contributed by atoms with Crippen LogP contribution in [0, 0.1) is 5.92 Å². The molecule has 6 nitrogen and oxygen atoms in total. The third-order valence-electron chi connectivity index (χ3n) is 10.0. The molecule has 0 aromatic rings. The Bertz CT molecular complexity index is 766. The number of ether oxygens (including phenoxy) is 3. The maximum absolute atomic E-state index is 12.6. The van der Waals surface area contributed by atoms with E-state index >= 15 is 0 Å². The summed E-state index contributed by atoms with van der Waals surface area (Å²) < 4.78 is 16.6. The number of unbranched alkanes of at least 4 members (excludes halogenated alkanes) is 27. The van der Waals surface area contributed by atoms with Crippen molar-refractivity contribution in [1.29, 1.82) is 0 Å². The molecule has 0 aliphatic rings. The van der Waals surface area contributed by atoms with Crippen LogP contribution in [0.25, 0.3) is 0 Å². The minimum atomic E-state index is -0.757. The molecule has 0 unspecified atom stereocenters. The molecular formula is C45H86O6. The molecule has 302 valence electrons. The molecule has 0 bridgehead atoms. The van der Waals surface area contributed by atoms with Gasteiger partial charge in [-0.05, 0) is 25.2 Å². The maximum atomic E-state index is 12.6. The summed E-state index contributed by atoms with van der Waals surface area (Å²) in [6.07, 6.45) is 38.1. The van der Waals surface area contributed by atoms with E-state index in [2.05, 4.69) is 27.7 Å². The van der Waals surface area contributed by atoms with Crippen LogP contribution in [0.15, 0.2) is 0 Å². The van der Waals surface area contributed by atoms with E-state index in [4.69, 9.17) is 14.2 Å². The Balaban J connectivity index is 4.22. The highest BCUT2D eigenvalue weighted by atomic mass is 16.6. The fraction of sp³-hybridized carbons (Fsp3) is 0.933. The molecule has 0 radical (unpaired) electrons. The zero-order valence-corrected chi connectivity index (χ0v) is 34.6. The van der Waals surface area contributed by atoms with E-state index in [1.165, 1.54) is 141 Å². The number of esters is 3. The van der Waals surface area contributed by atoms with Crippen molar-refractivity contribution < 1.29 is 28.6 Å². The minimum absolute atomic E-state index is 0.0642. The lowest BCUT2D eigenvalue weighted by atomic mass is 10.0. The average molecular weight is 723 g/mol. The zero-order chi connectivity index (χ0) is 37.5. The zero-order valence-electron chi connectivity index (χ0n) is 34.6. The van der Waals surface area contributed by atoms with Crippen molar-refractivity contribution in [2.75, 3.05) is 13.2 Å². The Kier molecular flexibility index (Phi) is 38.4. The lowest BCUT2D eigenvalue weighted by Gasteiger charge is -2.18. The van der Waals surface area contributed by atoms with Crippen molar-refractivity contribution >= 4 is 17.9 Å². The van der Waals surface area contributed by atoms with E-state index in [0.717, 1.165) is 63.7 Å². The smallest absolute Gasteiger partial charge is 0.306 e. The largest absolute Gasteiger partial charge is 0.462 e. The van der Waals surface area contributed by atoms with Crippen LogP contribution in [0.4, 0.5) is 0 Å². The van der Waals surface area contributed by atoms with Crippen LogP contribution in [0.1, 0.15) is 246 Å². The fourth-order valence-corrected chi connectivity index (χ4v) is 6.63. The highest BCUT2D eigenvalue weighted by Crippen LogP contribution is 2.16. The Morgan fingerprint density at radius 3 is 0.961 bits per heavy atom. The standard InChI is InChI=1S/C45H86O6/c1-5-7-9-11-13-14-21-26-30-34-38-45(48)51-42(39-49-43(46)36-32-28-23-12-10-8-6-2)40-50-44(47)37-33-29-25-22-19-17-15-16-18-20-24-27-31-35-41(3)4/h41-42H,5-40H2,1-4H3/t42-/m0/s1. The van der Waals surface area contributed by atoms with Gasteiger partial charge in [-0.25, -0.2) is 0 Å². The molecule has 0 aromatic carbocycles. The van der Waals surface area contributed by atoms with Gasteiger partial charge in [0.15, 0.2) is 6.10 Å². The van der Waals surface area contributed by atoms with Crippen LogP contribution >= 0.6 is 0 Å². The number of hydrogen-bond donors (Lipinski definition) is 0. The quantitative estimate of drug-likeness (QED) is 0.0356. The fourth-order valence-electron chi connectivity index (χ4n) is 6.63. The second-order valence-electron chi connectivity index (χ2n) is 15.8. The lowest BCUT2D eigenvalue weighted by Crippen LogP contribution is -2.30. The third kappa shape index (κ3) is 39.5. The highest BCUT2D eigenvalue weighted by Gasteiger charge is 2.19. The first-order valence-electron chi connectivity index (χ1n) is 22.4. The maximum Gasteiger partial charge on any atom is 0.306 e. The van der Waals surface area contributed by atoms with Crippen molar-refractivity contribution in [1.82, 2.24) is 0 Å². The van der Waals surface area contributed by atoms with E-state index in [-0.39, 0.29) is 31.1 Å². The summed E-state index contributed by atoms with van der Waals surface area (Å²) in [6.45, 7) is 8.95. The van der Waals surface area contributed by atoms with Gasteiger partial charge in [0.2, 0.25) is 0 Å². The van der Waals surface area contributed by atoms with Crippen molar-refractivity contribution in [3.8, 4) is 0 Å². The molecule has 0 aromatic heterocycles. The number of carbonyl (C=O) groups is 3. The second-order valence-corrected chi connectivity index (χ2v) is 15.8. The van der Waals surface area contributed by atoms with Crippen molar-refractivity contribution in [2.45, 2.75) is 252 Å². The van der Waals surface area contributed by atoms with Gasteiger partial charge in [-0.3, -0.25) is 14.4 Å². The molecule has 51 heavy (non-hydrogen) atoms. The van der Waals surface area contributed by atoms with Crippen molar-refractivity contribution in [2.24, 2.45) is 5.92 Å². The first kappa shape index (κ1) is 49.4. The lowest BCUT2D eigenvalue weighted by molar-refractivity contribution is -0.167. The van der Waals surface area contributed by atoms with Crippen LogP contribution in [0.5, 0.6) is 0 Å². The molecule has 0 fully saturated rings. The van der Waals surface area contributed by atoms with Crippen molar-refractivity contribution in [3.05, 3.63) is 0 Å². The van der Waals surface area contributed by atoms with E-state index in [0.29, 0.717) is 19.3 Å². The Morgan fingerprint density at radius 2 is 0.647 bits per heavy atom. The summed E-state index contributed by atoms with van der Waals surface area (Å²) in [5, 5.41) is 0. The topological polar surface area (TPSA) is 78.9 Å². The monoisotopic (exact) mass is 723 g/mol. The molecule has 0 amide bonds. The molecule has 6 heteroatoms. The summed E-state index contributed by atoms with van der Waals surface area (Å²) in [5.74, 6) is -0.0229. The molecule has 0 aliphatic carbocycles. The highest BCUT2D eigenvalue weighted by molar-refractivity contribution is 5.71. The SMILES string of the molecule is CCCCCCCCCCCCC(=O)O[C@@H](COC(=O)CCCCCCCCC)COC(=O)CCCCCCCCCCCCCCCC(C)C. The van der Waals surface area contributed by atoms with Gasteiger partial charge < -0.3 is 14.2 Å². The number of carbonyl (C=O) groups excluding carboxylic acids is 3. The summed E-state index contributed by atoms with van der Waals surface area (Å²) in [5.41, 5.74) is 0. The molecule has 0 spiro atoms. The van der Waals surface area contributed by atoms with Gasteiger partial charge in [-0.15, -0.1) is 0 Å². The molecule has 0 saturated heterocycles. The van der Waals surface area contributed by atoms with Gasteiger partial charge in [0.25, 0.3) is 0 Å². The molecule has 0 heterocycles. The second kappa shape index (κ2) is 39.6. The van der Waals surface area contributed by atoms with Gasteiger partial charge in [-0.2, -0.15) is 0 Å². The van der Waals surface area contributed by atoms with E-state index < -0.39 is 6.10 Å². The molecule has 0 N–H and O–H groups in total. The van der Waals surface area contributed by atoms with Crippen LogP contribution in [0.2, 0.25) is 0 Å². The molecular weight excluding hydrogens is 636 g/mol.